The minimum Gasteiger partial charge on any atom is -0.479 e. The smallest absolute Gasteiger partial charge is 0.338 e. The maximum Gasteiger partial charge on any atom is 0.338 e. The molecule has 14 heteroatoms. The fourth-order valence-electron chi connectivity index (χ4n) is 7.03. The van der Waals surface area contributed by atoms with E-state index in [1.807, 2.05) is 0 Å². The second-order valence-corrected chi connectivity index (χ2v) is 16.6. The summed E-state index contributed by atoms with van der Waals surface area (Å²) in [5, 5.41) is 43.1. The van der Waals surface area contributed by atoms with Crippen LogP contribution in [-0.2, 0) is 40.2 Å². The van der Waals surface area contributed by atoms with Crippen LogP contribution in [0.15, 0.2) is 30.3 Å². The van der Waals surface area contributed by atoms with Crippen molar-refractivity contribution in [3.05, 3.63) is 35.9 Å². The molecule has 1 aromatic carbocycles. The summed E-state index contributed by atoms with van der Waals surface area (Å²) in [4.78, 5) is 55.6. The second-order valence-electron chi connectivity index (χ2n) is 14.0. The van der Waals surface area contributed by atoms with Gasteiger partial charge in [-0.25, -0.2) is 18.0 Å². The summed E-state index contributed by atoms with van der Waals surface area (Å²) in [5.41, 5.74) is 0.535. The van der Waals surface area contributed by atoms with Crippen LogP contribution in [0.25, 0.3) is 0 Å². The van der Waals surface area contributed by atoms with Gasteiger partial charge in [0.05, 0.1) is 37.0 Å². The highest BCUT2D eigenvalue weighted by molar-refractivity contribution is 7.93. The third kappa shape index (κ3) is 8.93. The number of aliphatic hydroxyl groups excluding tert-OH is 2. The van der Waals surface area contributed by atoms with E-state index in [4.69, 9.17) is 4.74 Å². The van der Waals surface area contributed by atoms with Crippen molar-refractivity contribution in [3.63, 3.8) is 0 Å². The molecule has 13 nitrogen and oxygen atoms in total. The Morgan fingerprint density at radius 2 is 1.52 bits per heavy atom. The van der Waals surface area contributed by atoms with Crippen LogP contribution in [-0.4, -0.2) is 123 Å². The van der Waals surface area contributed by atoms with Gasteiger partial charge in [0.25, 0.3) is 0 Å². The van der Waals surface area contributed by atoms with Gasteiger partial charge < -0.3 is 35.0 Å². The molecule has 2 aliphatic carbocycles. The lowest BCUT2D eigenvalue weighted by molar-refractivity contribution is -0.170. The average molecular weight is 695 g/mol. The number of sulfone groups is 1. The Kier molecular flexibility index (Phi) is 12.7. The van der Waals surface area contributed by atoms with E-state index in [1.54, 1.807) is 30.3 Å². The van der Waals surface area contributed by atoms with E-state index in [9.17, 15) is 48.0 Å². The average Bonchev–Trinajstić information content (AvgIpc) is 3.91. The molecule has 268 valence electrons. The Morgan fingerprint density at radius 1 is 0.938 bits per heavy atom. The summed E-state index contributed by atoms with van der Waals surface area (Å²) in [6, 6.07) is 4.56. The highest BCUT2D eigenvalue weighted by atomic mass is 32.2. The summed E-state index contributed by atoms with van der Waals surface area (Å²) < 4.78 is 31.6. The maximum atomic E-state index is 14.8. The van der Waals surface area contributed by atoms with E-state index in [2.05, 4.69) is 0 Å². The van der Waals surface area contributed by atoms with Crippen LogP contribution in [0.4, 0.5) is 0 Å². The van der Waals surface area contributed by atoms with Crippen LogP contribution >= 0.6 is 0 Å². The van der Waals surface area contributed by atoms with Gasteiger partial charge in [0, 0.05) is 13.1 Å². The normalized spacial score (nSPS) is 20.5. The molecule has 2 saturated carbocycles. The summed E-state index contributed by atoms with van der Waals surface area (Å²) in [7, 11) is -4.45. The summed E-state index contributed by atoms with van der Waals surface area (Å²) in [5.74, 6) is -8.24. The second kappa shape index (κ2) is 16.1. The quantitative estimate of drug-likeness (QED) is 0.184. The summed E-state index contributed by atoms with van der Waals surface area (Å²) in [6.45, 7) is 3.41. The van der Waals surface area contributed by atoms with Gasteiger partial charge in [-0.15, -0.1) is 0 Å². The van der Waals surface area contributed by atoms with Crippen molar-refractivity contribution in [1.29, 1.82) is 0 Å². The number of carbonyl (C=O) groups excluding carboxylic acids is 2. The number of aliphatic hydroxyl groups is 2. The van der Waals surface area contributed by atoms with Gasteiger partial charge in [-0.2, -0.15) is 0 Å². The van der Waals surface area contributed by atoms with Crippen LogP contribution in [0.3, 0.4) is 0 Å². The molecule has 2 amide bonds. The summed E-state index contributed by atoms with van der Waals surface area (Å²) in [6.07, 6.45) is 2.22. The molecule has 0 unspecified atom stereocenters. The molecule has 0 spiro atoms. The molecule has 1 aliphatic heterocycles. The van der Waals surface area contributed by atoms with Gasteiger partial charge in [0.15, 0.2) is 9.84 Å². The number of aliphatic carboxylic acids is 2. The Bertz CT molecular complexity index is 1370. The van der Waals surface area contributed by atoms with Crippen molar-refractivity contribution in [2.45, 2.75) is 101 Å². The number of nitrogens with zero attached hydrogens (tertiary/aromatic N) is 2. The van der Waals surface area contributed by atoms with E-state index >= 15 is 0 Å². The number of hydrogen-bond donors (Lipinski definition) is 4. The molecular formula is C34H50N2O11S. The molecule has 0 aromatic heterocycles. The standard InChI is InChI=1S/C34H50N2O11S/c1-34(2,33(44)35-15-17-47-18-16-35)48(45,46)21-25(19-22-9-5-3-6-10-22)30(39)36(27(31(40)41)32(42)43)26(20-23-11-7-4-8-12-23)29(38)28(37)24-13-14-24/h3,5-6,9-10,23-29,37-38H,4,7-8,11-21H2,1-2H3,(H,40,41)(H,42,43)/t25-,26+,28+,29-/m1/s1. The lowest BCUT2D eigenvalue weighted by Gasteiger charge is -2.42. The lowest BCUT2D eigenvalue weighted by atomic mass is 9.81. The van der Waals surface area contributed by atoms with E-state index in [-0.39, 0.29) is 51.0 Å². The van der Waals surface area contributed by atoms with Crippen molar-refractivity contribution < 1.29 is 52.8 Å². The van der Waals surface area contributed by atoms with Gasteiger partial charge in [0.1, 0.15) is 10.9 Å². The Hall–Kier alpha value is -3.07. The minimum atomic E-state index is -4.45. The Balaban J connectivity index is 1.79. The summed E-state index contributed by atoms with van der Waals surface area (Å²) >= 11 is 0. The van der Waals surface area contributed by atoms with Gasteiger partial charge >= 0.3 is 11.9 Å². The first-order chi connectivity index (χ1) is 22.7. The zero-order chi connectivity index (χ0) is 35.2. The number of ether oxygens (including phenoxy) is 1. The first kappa shape index (κ1) is 37.7. The molecule has 1 saturated heterocycles. The molecule has 48 heavy (non-hydrogen) atoms. The fourth-order valence-corrected chi connectivity index (χ4v) is 8.63. The number of benzene rings is 1. The van der Waals surface area contributed by atoms with Crippen LogP contribution < -0.4 is 0 Å². The maximum absolute atomic E-state index is 14.8. The van der Waals surface area contributed by atoms with Gasteiger partial charge in [-0.05, 0) is 56.9 Å². The van der Waals surface area contributed by atoms with Crippen molar-refractivity contribution in [1.82, 2.24) is 9.80 Å². The molecule has 4 atom stereocenters. The first-order valence-electron chi connectivity index (χ1n) is 16.9. The van der Waals surface area contributed by atoms with Crippen molar-refractivity contribution in [2.75, 3.05) is 32.1 Å². The number of hydrogen-bond acceptors (Lipinski definition) is 9. The molecule has 3 fully saturated rings. The Morgan fingerprint density at radius 3 is 2.06 bits per heavy atom. The number of carboxylic acid groups (broad SMARTS) is 2. The molecule has 4 N–H and O–H groups in total. The van der Waals surface area contributed by atoms with Crippen molar-refractivity contribution in [3.8, 4) is 0 Å². The highest BCUT2D eigenvalue weighted by Gasteiger charge is 2.51. The molecular weight excluding hydrogens is 644 g/mol. The molecule has 0 bridgehead atoms. The third-order valence-corrected chi connectivity index (χ3v) is 12.8. The molecule has 1 heterocycles. The zero-order valence-corrected chi connectivity index (χ0v) is 28.6. The molecule has 4 rings (SSSR count). The lowest BCUT2D eigenvalue weighted by Crippen LogP contribution is -2.62. The highest BCUT2D eigenvalue weighted by Crippen LogP contribution is 2.38. The number of amides is 2. The van der Waals surface area contributed by atoms with E-state index < -0.39 is 74.3 Å². The molecule has 3 aliphatic rings. The fraction of sp³-hybridized carbons (Fsp3) is 0.706. The number of rotatable bonds is 16. The van der Waals surface area contributed by atoms with E-state index in [0.717, 1.165) is 32.1 Å². The number of morpholine rings is 1. The van der Waals surface area contributed by atoms with Gasteiger partial charge in [-0.1, -0.05) is 62.4 Å². The molecule has 0 radical (unpaired) electrons. The van der Waals surface area contributed by atoms with Crippen molar-refractivity contribution in [2.24, 2.45) is 17.8 Å². The zero-order valence-electron chi connectivity index (χ0n) is 27.8. The predicted molar refractivity (Wildman–Crippen MR) is 175 cm³/mol. The molecule has 1 aromatic rings. The monoisotopic (exact) mass is 694 g/mol. The van der Waals surface area contributed by atoms with Crippen LogP contribution in [0, 0.1) is 17.8 Å². The number of carbonyl (C=O) groups is 4. The van der Waals surface area contributed by atoms with Crippen LogP contribution in [0.1, 0.15) is 70.8 Å². The Labute approximate surface area is 282 Å². The largest absolute Gasteiger partial charge is 0.479 e. The van der Waals surface area contributed by atoms with Crippen LogP contribution in [0.2, 0.25) is 0 Å². The topological polar surface area (TPSA) is 199 Å². The van der Waals surface area contributed by atoms with E-state index in [0.29, 0.717) is 23.3 Å². The van der Waals surface area contributed by atoms with Crippen LogP contribution in [0.5, 0.6) is 0 Å². The number of carboxylic acids is 2. The SMILES string of the molecule is CC(C)(C(=O)N1CCOCC1)S(=O)(=O)C[C@@H](Cc1ccccc1)C(=O)N(C(C(=O)O)C(=O)O)[C@@H](CC1CCCCC1)[C@@H](O)[C@@H](O)C1CC1. The minimum absolute atomic E-state index is 0.0412. The van der Waals surface area contributed by atoms with Gasteiger partial charge in [0.2, 0.25) is 17.9 Å². The first-order valence-corrected chi connectivity index (χ1v) is 18.6. The van der Waals surface area contributed by atoms with Gasteiger partial charge in [-0.3, -0.25) is 9.59 Å². The third-order valence-electron chi connectivity index (χ3n) is 10.2. The van der Waals surface area contributed by atoms with Crippen molar-refractivity contribution >= 4 is 33.6 Å². The predicted octanol–water partition coefficient (Wildman–Crippen LogP) is 1.73. The van der Waals surface area contributed by atoms with E-state index in [1.165, 1.54) is 18.7 Å².